The maximum atomic E-state index is 6.19. The highest BCUT2D eigenvalue weighted by molar-refractivity contribution is 7.99. The summed E-state index contributed by atoms with van der Waals surface area (Å²) >= 11 is 1.80. The molecule has 0 radical (unpaired) electrons. The molecule has 0 saturated heterocycles. The zero-order valence-electron chi connectivity index (χ0n) is 11.8. The van der Waals surface area contributed by atoms with E-state index in [1.165, 1.54) is 26.5 Å². The van der Waals surface area contributed by atoms with Gasteiger partial charge in [-0.15, -0.1) is 0 Å². The molecular formula is C17H21NS. The van der Waals surface area contributed by atoms with Gasteiger partial charge in [0.1, 0.15) is 0 Å². The summed E-state index contributed by atoms with van der Waals surface area (Å²) in [6, 6.07) is 15.2. The number of aryl methyl sites for hydroxylation is 2. The smallest absolute Gasteiger partial charge is 0.0303 e. The summed E-state index contributed by atoms with van der Waals surface area (Å²) in [5, 5.41) is 0. The van der Waals surface area contributed by atoms with Crippen molar-refractivity contribution in [2.45, 2.75) is 43.0 Å². The fraction of sp³-hybridized carbons (Fsp3) is 0.294. The van der Waals surface area contributed by atoms with Crippen molar-refractivity contribution in [1.29, 1.82) is 0 Å². The molecule has 100 valence electrons. The quantitative estimate of drug-likeness (QED) is 0.859. The maximum Gasteiger partial charge on any atom is 0.0303 e. The largest absolute Gasteiger partial charge is 0.324 e. The van der Waals surface area contributed by atoms with Crippen LogP contribution in [0, 0.1) is 13.8 Å². The van der Waals surface area contributed by atoms with E-state index in [1.807, 2.05) is 0 Å². The first-order chi connectivity index (χ1) is 9.11. The van der Waals surface area contributed by atoms with E-state index in [-0.39, 0.29) is 6.04 Å². The summed E-state index contributed by atoms with van der Waals surface area (Å²) in [5.41, 5.74) is 10.1. The normalized spacial score (nSPS) is 12.4. The van der Waals surface area contributed by atoms with Gasteiger partial charge in [-0.3, -0.25) is 0 Å². The minimum atomic E-state index is 0.121. The van der Waals surface area contributed by atoms with Crippen LogP contribution in [0.15, 0.2) is 52.3 Å². The molecule has 1 nitrogen and oxygen atoms in total. The van der Waals surface area contributed by atoms with Gasteiger partial charge in [-0.1, -0.05) is 43.0 Å². The lowest BCUT2D eigenvalue weighted by atomic mass is 10.1. The molecule has 0 bridgehead atoms. The van der Waals surface area contributed by atoms with Gasteiger partial charge in [0, 0.05) is 15.8 Å². The van der Waals surface area contributed by atoms with Crippen LogP contribution in [-0.2, 0) is 0 Å². The van der Waals surface area contributed by atoms with Gasteiger partial charge >= 0.3 is 0 Å². The second-order valence-electron chi connectivity index (χ2n) is 4.90. The van der Waals surface area contributed by atoms with Crippen LogP contribution in [0.4, 0.5) is 0 Å². The van der Waals surface area contributed by atoms with Gasteiger partial charge in [0.25, 0.3) is 0 Å². The van der Waals surface area contributed by atoms with Gasteiger partial charge in [-0.25, -0.2) is 0 Å². The third-order valence-electron chi connectivity index (χ3n) is 3.46. The van der Waals surface area contributed by atoms with Crippen LogP contribution in [0.5, 0.6) is 0 Å². The van der Waals surface area contributed by atoms with E-state index in [0.29, 0.717) is 0 Å². The average molecular weight is 271 g/mol. The Bertz CT molecular complexity index is 563. The van der Waals surface area contributed by atoms with E-state index < -0.39 is 0 Å². The molecular weight excluding hydrogens is 250 g/mol. The Hall–Kier alpha value is -1.25. The van der Waals surface area contributed by atoms with Crippen molar-refractivity contribution in [3.8, 4) is 0 Å². The second kappa shape index (κ2) is 6.27. The average Bonchev–Trinajstić information content (AvgIpc) is 2.43. The van der Waals surface area contributed by atoms with E-state index in [0.717, 1.165) is 6.42 Å². The van der Waals surface area contributed by atoms with Gasteiger partial charge in [-0.2, -0.15) is 0 Å². The lowest BCUT2D eigenvalue weighted by molar-refractivity contribution is 0.685. The number of benzene rings is 2. The zero-order valence-corrected chi connectivity index (χ0v) is 12.6. The summed E-state index contributed by atoms with van der Waals surface area (Å²) in [5.74, 6) is 0. The number of rotatable bonds is 4. The van der Waals surface area contributed by atoms with Gasteiger partial charge in [0.2, 0.25) is 0 Å². The van der Waals surface area contributed by atoms with Gasteiger partial charge in [0.05, 0.1) is 0 Å². The van der Waals surface area contributed by atoms with E-state index >= 15 is 0 Å². The molecule has 1 atom stereocenters. The molecule has 2 aromatic rings. The molecule has 2 N–H and O–H groups in total. The van der Waals surface area contributed by atoms with Crippen molar-refractivity contribution < 1.29 is 0 Å². The highest BCUT2D eigenvalue weighted by Crippen LogP contribution is 2.34. The lowest BCUT2D eigenvalue weighted by Gasteiger charge is -2.14. The molecule has 0 saturated carbocycles. The first-order valence-electron chi connectivity index (χ1n) is 6.71. The Balaban J connectivity index is 2.30. The van der Waals surface area contributed by atoms with Crippen molar-refractivity contribution in [3.05, 3.63) is 59.2 Å². The van der Waals surface area contributed by atoms with Crippen LogP contribution >= 0.6 is 11.8 Å². The molecule has 0 aliphatic carbocycles. The second-order valence-corrected chi connectivity index (χ2v) is 6.02. The van der Waals surface area contributed by atoms with Crippen molar-refractivity contribution in [3.63, 3.8) is 0 Å². The van der Waals surface area contributed by atoms with Crippen LogP contribution < -0.4 is 5.73 Å². The highest BCUT2D eigenvalue weighted by Gasteiger charge is 2.10. The Labute approximate surface area is 120 Å². The SMILES string of the molecule is CCC(N)c1ccccc1Sc1ccc(C)c(C)c1. The van der Waals surface area contributed by atoms with Crippen molar-refractivity contribution >= 4 is 11.8 Å². The molecule has 2 aromatic carbocycles. The van der Waals surface area contributed by atoms with Crippen molar-refractivity contribution in [2.24, 2.45) is 5.73 Å². The topological polar surface area (TPSA) is 26.0 Å². The molecule has 1 unspecified atom stereocenters. The van der Waals surface area contributed by atoms with Crippen LogP contribution in [0.2, 0.25) is 0 Å². The molecule has 19 heavy (non-hydrogen) atoms. The molecule has 0 heterocycles. The Morgan fingerprint density at radius 2 is 1.79 bits per heavy atom. The van der Waals surface area contributed by atoms with Crippen LogP contribution in [-0.4, -0.2) is 0 Å². The molecule has 0 aliphatic rings. The molecule has 0 spiro atoms. The van der Waals surface area contributed by atoms with Crippen molar-refractivity contribution in [2.75, 3.05) is 0 Å². The summed E-state index contributed by atoms with van der Waals surface area (Å²) < 4.78 is 0. The molecule has 2 heteroatoms. The third-order valence-corrected chi connectivity index (χ3v) is 4.55. The maximum absolute atomic E-state index is 6.19. The van der Waals surface area contributed by atoms with Gasteiger partial charge < -0.3 is 5.73 Å². The lowest BCUT2D eigenvalue weighted by Crippen LogP contribution is -2.09. The van der Waals surface area contributed by atoms with Crippen LogP contribution in [0.3, 0.4) is 0 Å². The van der Waals surface area contributed by atoms with Crippen LogP contribution in [0.1, 0.15) is 36.1 Å². The zero-order chi connectivity index (χ0) is 13.8. The molecule has 0 aliphatic heterocycles. The Morgan fingerprint density at radius 1 is 1.05 bits per heavy atom. The Morgan fingerprint density at radius 3 is 2.47 bits per heavy atom. The van der Waals surface area contributed by atoms with Gasteiger partial charge in [-0.05, 0) is 55.2 Å². The van der Waals surface area contributed by atoms with E-state index in [1.54, 1.807) is 11.8 Å². The fourth-order valence-electron chi connectivity index (χ4n) is 2.00. The molecule has 0 amide bonds. The fourth-order valence-corrected chi connectivity index (χ4v) is 3.11. The minimum Gasteiger partial charge on any atom is -0.324 e. The minimum absolute atomic E-state index is 0.121. The van der Waals surface area contributed by atoms with E-state index in [4.69, 9.17) is 5.73 Å². The van der Waals surface area contributed by atoms with Gasteiger partial charge in [0.15, 0.2) is 0 Å². The van der Waals surface area contributed by atoms with Crippen LogP contribution in [0.25, 0.3) is 0 Å². The van der Waals surface area contributed by atoms with E-state index in [9.17, 15) is 0 Å². The third kappa shape index (κ3) is 3.40. The first-order valence-corrected chi connectivity index (χ1v) is 7.53. The predicted molar refractivity (Wildman–Crippen MR) is 83.7 cm³/mol. The predicted octanol–water partition coefficient (Wildman–Crippen LogP) is 4.86. The number of hydrogen-bond donors (Lipinski definition) is 1. The molecule has 0 fully saturated rings. The number of nitrogens with two attached hydrogens (primary N) is 1. The first kappa shape index (κ1) is 14.2. The standard InChI is InChI=1S/C17H21NS/c1-4-16(18)15-7-5-6-8-17(15)19-14-10-9-12(2)13(3)11-14/h5-11,16H,4,18H2,1-3H3. The highest BCUT2D eigenvalue weighted by atomic mass is 32.2. The summed E-state index contributed by atoms with van der Waals surface area (Å²) in [7, 11) is 0. The van der Waals surface area contributed by atoms with E-state index in [2.05, 4.69) is 63.2 Å². The molecule has 2 rings (SSSR count). The summed E-state index contributed by atoms with van der Waals surface area (Å²) in [6.45, 7) is 6.43. The monoisotopic (exact) mass is 271 g/mol. The van der Waals surface area contributed by atoms with Crippen molar-refractivity contribution in [1.82, 2.24) is 0 Å². The Kier molecular flexibility index (Phi) is 4.67. The summed E-state index contributed by atoms with van der Waals surface area (Å²) in [6.07, 6.45) is 0.963. The number of hydrogen-bond acceptors (Lipinski definition) is 2. The summed E-state index contributed by atoms with van der Waals surface area (Å²) in [4.78, 5) is 2.54. The molecule has 0 aromatic heterocycles.